The highest BCUT2D eigenvalue weighted by Gasteiger charge is 2.11. The summed E-state index contributed by atoms with van der Waals surface area (Å²) >= 11 is 5.85. The number of halogens is 1. The standard InChI is InChI=1S/C14H18ClN3/c1-16-14(18-13-4-2-3-5-13)17-10-11-6-8-12(15)9-7-11/h2-3,6-9,13H,4-5,10H2,1H3,(H2,16,17,18). The lowest BCUT2D eigenvalue weighted by Gasteiger charge is -2.16. The van der Waals surface area contributed by atoms with Gasteiger partial charge in [-0.25, -0.2) is 0 Å². The Balaban J connectivity index is 1.81. The van der Waals surface area contributed by atoms with Crippen molar-refractivity contribution in [3.63, 3.8) is 0 Å². The van der Waals surface area contributed by atoms with Crippen molar-refractivity contribution >= 4 is 17.6 Å². The lowest BCUT2D eigenvalue weighted by atomic mass is 10.2. The van der Waals surface area contributed by atoms with Crippen LogP contribution in [0.1, 0.15) is 18.4 Å². The van der Waals surface area contributed by atoms with Gasteiger partial charge in [0.25, 0.3) is 0 Å². The van der Waals surface area contributed by atoms with E-state index in [2.05, 4.69) is 27.8 Å². The van der Waals surface area contributed by atoms with Gasteiger partial charge in [0.15, 0.2) is 5.96 Å². The maximum Gasteiger partial charge on any atom is 0.191 e. The fraction of sp³-hybridized carbons (Fsp3) is 0.357. The highest BCUT2D eigenvalue weighted by molar-refractivity contribution is 6.30. The molecule has 0 unspecified atom stereocenters. The van der Waals surface area contributed by atoms with Gasteiger partial charge in [-0.15, -0.1) is 0 Å². The van der Waals surface area contributed by atoms with Gasteiger partial charge >= 0.3 is 0 Å². The number of benzene rings is 1. The van der Waals surface area contributed by atoms with E-state index in [4.69, 9.17) is 11.6 Å². The van der Waals surface area contributed by atoms with Crippen LogP contribution in [0.5, 0.6) is 0 Å². The lowest BCUT2D eigenvalue weighted by Crippen LogP contribution is -2.42. The van der Waals surface area contributed by atoms with Gasteiger partial charge in [-0.3, -0.25) is 4.99 Å². The Morgan fingerprint density at radius 3 is 2.56 bits per heavy atom. The molecule has 0 spiro atoms. The number of hydrogen-bond donors (Lipinski definition) is 2. The second kappa shape index (κ2) is 6.45. The van der Waals surface area contributed by atoms with Crippen molar-refractivity contribution in [1.82, 2.24) is 10.6 Å². The van der Waals surface area contributed by atoms with Crippen LogP contribution in [-0.2, 0) is 6.54 Å². The van der Waals surface area contributed by atoms with Gasteiger partial charge < -0.3 is 10.6 Å². The quantitative estimate of drug-likeness (QED) is 0.500. The molecule has 1 aliphatic rings. The molecule has 1 aromatic carbocycles. The Hall–Kier alpha value is -1.48. The van der Waals surface area contributed by atoms with Crippen LogP contribution in [0.2, 0.25) is 5.02 Å². The van der Waals surface area contributed by atoms with Crippen LogP contribution in [-0.4, -0.2) is 19.0 Å². The van der Waals surface area contributed by atoms with Crippen LogP contribution in [0.15, 0.2) is 41.4 Å². The average Bonchev–Trinajstić information content (AvgIpc) is 2.89. The normalized spacial score (nSPS) is 16.0. The van der Waals surface area contributed by atoms with Crippen molar-refractivity contribution in [2.75, 3.05) is 7.05 Å². The van der Waals surface area contributed by atoms with Crippen molar-refractivity contribution in [3.05, 3.63) is 47.0 Å². The molecule has 1 aliphatic carbocycles. The van der Waals surface area contributed by atoms with E-state index >= 15 is 0 Å². The number of guanidine groups is 1. The van der Waals surface area contributed by atoms with E-state index in [0.717, 1.165) is 30.4 Å². The number of aliphatic imine (C=N–C) groups is 1. The molecule has 18 heavy (non-hydrogen) atoms. The first-order valence-electron chi connectivity index (χ1n) is 6.14. The van der Waals surface area contributed by atoms with E-state index in [9.17, 15) is 0 Å². The summed E-state index contributed by atoms with van der Waals surface area (Å²) in [4.78, 5) is 4.22. The zero-order valence-corrected chi connectivity index (χ0v) is 11.2. The molecule has 0 atom stereocenters. The van der Waals surface area contributed by atoms with Gasteiger partial charge in [-0.05, 0) is 30.5 Å². The molecule has 1 aromatic rings. The molecule has 0 heterocycles. The zero-order valence-electron chi connectivity index (χ0n) is 10.5. The number of nitrogens with one attached hydrogen (secondary N) is 2. The largest absolute Gasteiger partial charge is 0.353 e. The third kappa shape index (κ3) is 3.77. The van der Waals surface area contributed by atoms with Crippen LogP contribution >= 0.6 is 11.6 Å². The fourth-order valence-electron chi connectivity index (χ4n) is 1.91. The first kappa shape index (κ1) is 13.0. The summed E-state index contributed by atoms with van der Waals surface area (Å²) in [6.45, 7) is 0.747. The van der Waals surface area contributed by atoms with Crippen molar-refractivity contribution < 1.29 is 0 Å². The number of rotatable bonds is 3. The molecule has 0 radical (unpaired) electrons. The smallest absolute Gasteiger partial charge is 0.191 e. The van der Waals surface area contributed by atoms with E-state index in [1.807, 2.05) is 24.3 Å². The third-order valence-corrected chi connectivity index (χ3v) is 3.20. The van der Waals surface area contributed by atoms with Crippen LogP contribution < -0.4 is 10.6 Å². The first-order chi connectivity index (χ1) is 8.78. The fourth-order valence-corrected chi connectivity index (χ4v) is 2.04. The second-order valence-electron chi connectivity index (χ2n) is 4.34. The minimum atomic E-state index is 0.474. The number of hydrogen-bond acceptors (Lipinski definition) is 1. The van der Waals surface area contributed by atoms with E-state index in [-0.39, 0.29) is 0 Å². The van der Waals surface area contributed by atoms with Gasteiger partial charge in [-0.1, -0.05) is 35.9 Å². The average molecular weight is 264 g/mol. The molecule has 0 saturated heterocycles. The summed E-state index contributed by atoms with van der Waals surface area (Å²) in [6, 6.07) is 8.30. The molecule has 2 rings (SSSR count). The van der Waals surface area contributed by atoms with Gasteiger partial charge in [0, 0.05) is 24.7 Å². The summed E-state index contributed by atoms with van der Waals surface area (Å²) < 4.78 is 0. The number of nitrogens with zero attached hydrogens (tertiary/aromatic N) is 1. The molecule has 0 amide bonds. The van der Waals surface area contributed by atoms with Crippen molar-refractivity contribution in [3.8, 4) is 0 Å². The third-order valence-electron chi connectivity index (χ3n) is 2.95. The van der Waals surface area contributed by atoms with Gasteiger partial charge in [0.05, 0.1) is 0 Å². The predicted molar refractivity (Wildman–Crippen MR) is 76.9 cm³/mol. The molecule has 0 bridgehead atoms. The molecule has 3 nitrogen and oxygen atoms in total. The summed E-state index contributed by atoms with van der Waals surface area (Å²) in [6.07, 6.45) is 6.54. The van der Waals surface area contributed by atoms with E-state index < -0.39 is 0 Å². The Kier molecular flexibility index (Phi) is 4.65. The topological polar surface area (TPSA) is 36.4 Å². The Morgan fingerprint density at radius 1 is 1.28 bits per heavy atom. The van der Waals surface area contributed by atoms with Gasteiger partial charge in [0.2, 0.25) is 0 Å². The molecule has 0 saturated carbocycles. The first-order valence-corrected chi connectivity index (χ1v) is 6.52. The molecular weight excluding hydrogens is 246 g/mol. The predicted octanol–water partition coefficient (Wildman–Crippen LogP) is 2.72. The molecule has 0 aliphatic heterocycles. The molecular formula is C14H18ClN3. The zero-order chi connectivity index (χ0) is 12.8. The minimum absolute atomic E-state index is 0.474. The summed E-state index contributed by atoms with van der Waals surface area (Å²) in [5.41, 5.74) is 1.19. The molecule has 96 valence electrons. The summed E-state index contributed by atoms with van der Waals surface area (Å²) in [7, 11) is 1.79. The summed E-state index contributed by atoms with van der Waals surface area (Å²) in [5, 5.41) is 7.46. The van der Waals surface area contributed by atoms with Crippen LogP contribution in [0.3, 0.4) is 0 Å². The molecule has 0 aromatic heterocycles. The molecule has 0 fully saturated rings. The van der Waals surface area contributed by atoms with E-state index in [1.54, 1.807) is 7.05 Å². The maximum absolute atomic E-state index is 5.85. The highest BCUT2D eigenvalue weighted by Crippen LogP contribution is 2.10. The molecule has 4 heteroatoms. The summed E-state index contributed by atoms with van der Waals surface area (Å²) in [5.74, 6) is 0.846. The SMILES string of the molecule is CN=C(NCc1ccc(Cl)cc1)NC1CC=CC1. The van der Waals surface area contributed by atoms with Gasteiger partial charge in [0.1, 0.15) is 0 Å². The van der Waals surface area contributed by atoms with Crippen LogP contribution in [0.4, 0.5) is 0 Å². The van der Waals surface area contributed by atoms with Crippen molar-refractivity contribution in [1.29, 1.82) is 0 Å². The Labute approximate surface area is 113 Å². The Bertz CT molecular complexity index is 429. The maximum atomic E-state index is 5.85. The molecule has 2 N–H and O–H groups in total. The second-order valence-corrected chi connectivity index (χ2v) is 4.77. The van der Waals surface area contributed by atoms with Crippen molar-refractivity contribution in [2.45, 2.75) is 25.4 Å². The monoisotopic (exact) mass is 263 g/mol. The Morgan fingerprint density at radius 2 is 1.94 bits per heavy atom. The van der Waals surface area contributed by atoms with Crippen LogP contribution in [0, 0.1) is 0 Å². The van der Waals surface area contributed by atoms with Crippen molar-refractivity contribution in [2.24, 2.45) is 4.99 Å². The highest BCUT2D eigenvalue weighted by atomic mass is 35.5. The van der Waals surface area contributed by atoms with E-state index in [0.29, 0.717) is 6.04 Å². The van der Waals surface area contributed by atoms with Crippen LogP contribution in [0.25, 0.3) is 0 Å². The lowest BCUT2D eigenvalue weighted by molar-refractivity contribution is 0.633. The van der Waals surface area contributed by atoms with E-state index in [1.165, 1.54) is 5.56 Å². The minimum Gasteiger partial charge on any atom is -0.353 e. The van der Waals surface area contributed by atoms with Gasteiger partial charge in [-0.2, -0.15) is 0 Å².